The van der Waals surface area contributed by atoms with Crippen LogP contribution in [0, 0.1) is 0 Å². The van der Waals surface area contributed by atoms with Crippen LogP contribution in [-0.2, 0) is 6.42 Å². The Morgan fingerprint density at radius 3 is 1.73 bits per heavy atom. The molecular weight excluding hydrogens is 268 g/mol. The van der Waals surface area contributed by atoms with E-state index in [-0.39, 0.29) is 0 Å². The second-order valence-electron chi connectivity index (χ2n) is 6.67. The van der Waals surface area contributed by atoms with Crippen molar-refractivity contribution in [2.24, 2.45) is 0 Å². The van der Waals surface area contributed by atoms with Crippen LogP contribution in [0.3, 0.4) is 0 Å². The first-order valence-electron chi connectivity index (χ1n) is 8.74. The summed E-state index contributed by atoms with van der Waals surface area (Å²) >= 11 is 0. The van der Waals surface area contributed by atoms with Crippen molar-refractivity contribution in [2.75, 3.05) is 14.1 Å². The summed E-state index contributed by atoms with van der Waals surface area (Å²) in [4.78, 5) is 0. The molecule has 0 saturated heterocycles. The van der Waals surface area contributed by atoms with E-state index in [1.165, 1.54) is 24.8 Å². The Labute approximate surface area is 140 Å². The van der Waals surface area contributed by atoms with Crippen LogP contribution in [-0.4, -0.2) is 25.7 Å². The molecule has 1 aromatic carbocycles. The molecule has 1 aromatic rings. The van der Waals surface area contributed by atoms with Crippen LogP contribution in [0.5, 0.6) is 0 Å². The Bertz CT molecular complexity index is 314. The highest BCUT2D eigenvalue weighted by molar-refractivity contribution is 5.15. The van der Waals surface area contributed by atoms with Crippen molar-refractivity contribution in [1.29, 1.82) is 0 Å². The Kier molecular flexibility index (Phi) is 16.0. The molecule has 0 radical (unpaired) electrons. The van der Waals surface area contributed by atoms with Crippen LogP contribution < -0.4 is 10.6 Å². The molecule has 0 unspecified atom stereocenters. The van der Waals surface area contributed by atoms with Crippen molar-refractivity contribution < 1.29 is 0 Å². The first kappa shape index (κ1) is 23.4. The topological polar surface area (TPSA) is 24.1 Å². The Morgan fingerprint density at radius 1 is 0.955 bits per heavy atom. The largest absolute Gasteiger partial charge is 0.317 e. The molecule has 130 valence electrons. The third kappa shape index (κ3) is 17.2. The third-order valence-corrected chi connectivity index (χ3v) is 3.12. The third-order valence-electron chi connectivity index (χ3n) is 3.12. The van der Waals surface area contributed by atoms with Gasteiger partial charge in [-0.3, -0.25) is 0 Å². The molecule has 0 spiro atoms. The second kappa shape index (κ2) is 15.1. The Morgan fingerprint density at radius 2 is 1.41 bits per heavy atom. The van der Waals surface area contributed by atoms with Crippen LogP contribution in [0.1, 0.15) is 66.4 Å². The van der Waals surface area contributed by atoms with E-state index in [1.54, 1.807) is 0 Å². The summed E-state index contributed by atoms with van der Waals surface area (Å²) < 4.78 is 0. The number of hydrogen-bond donors (Lipinski definition) is 2. The molecule has 2 heteroatoms. The maximum Gasteiger partial charge on any atom is 0.0104 e. The Hall–Kier alpha value is -0.860. The number of rotatable bonds is 5. The number of likely N-dealkylation sites (N-methyl/N-ethyl adjacent to an activating group) is 1. The number of nitrogens with one attached hydrogen (secondary N) is 2. The number of hydrogen-bond acceptors (Lipinski definition) is 2. The molecule has 1 atom stereocenters. The predicted octanol–water partition coefficient (Wildman–Crippen LogP) is 5.04. The highest BCUT2D eigenvalue weighted by atomic mass is 14.9. The molecule has 1 rings (SSSR count). The fourth-order valence-electron chi connectivity index (χ4n) is 1.60. The highest BCUT2D eigenvalue weighted by Crippen LogP contribution is 2.06. The van der Waals surface area contributed by atoms with Gasteiger partial charge >= 0.3 is 0 Å². The zero-order valence-corrected chi connectivity index (χ0v) is 16.3. The SMILES string of the molecule is CCC.CCC[C@H](Cc1ccccc1)NC.CNC(C)(C)C. The van der Waals surface area contributed by atoms with Gasteiger partial charge in [-0.15, -0.1) is 0 Å². The van der Waals surface area contributed by atoms with E-state index in [9.17, 15) is 0 Å². The number of benzene rings is 1. The van der Waals surface area contributed by atoms with E-state index in [0.717, 1.165) is 6.42 Å². The monoisotopic (exact) mass is 308 g/mol. The van der Waals surface area contributed by atoms with Gasteiger partial charge in [0.2, 0.25) is 0 Å². The molecule has 22 heavy (non-hydrogen) atoms. The molecule has 0 amide bonds. The van der Waals surface area contributed by atoms with Gasteiger partial charge in [-0.25, -0.2) is 0 Å². The molecule has 0 bridgehead atoms. The summed E-state index contributed by atoms with van der Waals surface area (Å²) in [5, 5.41) is 6.46. The quantitative estimate of drug-likeness (QED) is 0.796. The molecule has 0 fully saturated rings. The average Bonchev–Trinajstić information content (AvgIpc) is 2.48. The van der Waals surface area contributed by atoms with E-state index < -0.39 is 0 Å². The summed E-state index contributed by atoms with van der Waals surface area (Å²) in [6.07, 6.45) is 4.90. The van der Waals surface area contributed by atoms with Crippen molar-refractivity contribution in [3.05, 3.63) is 35.9 Å². The first-order valence-corrected chi connectivity index (χ1v) is 8.74. The van der Waals surface area contributed by atoms with Gasteiger partial charge in [-0.05, 0) is 53.3 Å². The molecule has 0 aliphatic carbocycles. The lowest BCUT2D eigenvalue weighted by Crippen LogP contribution is -2.31. The van der Waals surface area contributed by atoms with Gasteiger partial charge in [0.05, 0.1) is 0 Å². The lowest BCUT2D eigenvalue weighted by atomic mass is 10.0. The van der Waals surface area contributed by atoms with Gasteiger partial charge in [-0.2, -0.15) is 0 Å². The van der Waals surface area contributed by atoms with Crippen LogP contribution >= 0.6 is 0 Å². The maximum atomic E-state index is 3.35. The molecule has 0 heterocycles. The van der Waals surface area contributed by atoms with Crippen molar-refractivity contribution in [1.82, 2.24) is 10.6 Å². The average molecular weight is 309 g/mol. The van der Waals surface area contributed by atoms with E-state index >= 15 is 0 Å². The second-order valence-corrected chi connectivity index (χ2v) is 6.67. The van der Waals surface area contributed by atoms with Gasteiger partial charge in [0.25, 0.3) is 0 Å². The fourth-order valence-corrected chi connectivity index (χ4v) is 1.60. The van der Waals surface area contributed by atoms with E-state index in [4.69, 9.17) is 0 Å². The molecule has 0 aromatic heterocycles. The summed E-state index contributed by atoms with van der Waals surface area (Å²) in [7, 11) is 4.00. The predicted molar refractivity (Wildman–Crippen MR) is 103 cm³/mol. The molecule has 2 N–H and O–H groups in total. The van der Waals surface area contributed by atoms with Crippen LogP contribution in [0.15, 0.2) is 30.3 Å². The van der Waals surface area contributed by atoms with Gasteiger partial charge in [-0.1, -0.05) is 63.9 Å². The fraction of sp³-hybridized carbons (Fsp3) is 0.700. The zero-order valence-electron chi connectivity index (χ0n) is 16.3. The van der Waals surface area contributed by atoms with Crippen LogP contribution in [0.25, 0.3) is 0 Å². The van der Waals surface area contributed by atoms with Crippen LogP contribution in [0.4, 0.5) is 0 Å². The molecule has 0 aliphatic heterocycles. The molecule has 0 aliphatic rings. The minimum Gasteiger partial charge on any atom is -0.317 e. The minimum absolute atomic E-state index is 0.292. The lowest BCUT2D eigenvalue weighted by Gasteiger charge is -2.15. The van der Waals surface area contributed by atoms with Crippen molar-refractivity contribution >= 4 is 0 Å². The minimum atomic E-state index is 0.292. The smallest absolute Gasteiger partial charge is 0.0104 e. The summed E-state index contributed by atoms with van der Waals surface area (Å²) in [6.45, 7) is 12.9. The van der Waals surface area contributed by atoms with Crippen molar-refractivity contribution in [2.45, 2.75) is 78.8 Å². The van der Waals surface area contributed by atoms with Crippen molar-refractivity contribution in [3.63, 3.8) is 0 Å². The van der Waals surface area contributed by atoms with Crippen molar-refractivity contribution in [3.8, 4) is 0 Å². The van der Waals surface area contributed by atoms with Gasteiger partial charge < -0.3 is 10.6 Å². The molecular formula is C20H40N2. The van der Waals surface area contributed by atoms with E-state index in [1.807, 2.05) is 14.1 Å². The highest BCUT2D eigenvalue weighted by Gasteiger charge is 2.04. The first-order chi connectivity index (χ1) is 10.3. The maximum absolute atomic E-state index is 3.35. The van der Waals surface area contributed by atoms with Gasteiger partial charge in [0.15, 0.2) is 0 Å². The molecule has 2 nitrogen and oxygen atoms in total. The van der Waals surface area contributed by atoms with Gasteiger partial charge in [0, 0.05) is 11.6 Å². The Balaban J connectivity index is 0. The normalized spacial score (nSPS) is 11.6. The van der Waals surface area contributed by atoms with E-state index in [2.05, 4.69) is 82.5 Å². The zero-order chi connectivity index (χ0) is 17.4. The summed E-state index contributed by atoms with van der Waals surface area (Å²) in [5.41, 5.74) is 1.72. The summed E-state index contributed by atoms with van der Waals surface area (Å²) in [6, 6.07) is 11.3. The molecule has 0 saturated carbocycles. The lowest BCUT2D eigenvalue weighted by molar-refractivity contribution is 0.469. The van der Waals surface area contributed by atoms with E-state index in [0.29, 0.717) is 11.6 Å². The van der Waals surface area contributed by atoms with Gasteiger partial charge in [0.1, 0.15) is 0 Å². The summed E-state index contributed by atoms with van der Waals surface area (Å²) in [5.74, 6) is 0. The van der Waals surface area contributed by atoms with Crippen LogP contribution in [0.2, 0.25) is 0 Å². The standard InChI is InChI=1S/C12H19N.C5H13N.C3H8/c1-3-7-12(13-2)10-11-8-5-4-6-9-11;1-5(2,3)6-4;1-3-2/h4-6,8-9,12-13H,3,7,10H2,1-2H3;6H,1-4H3;3H2,1-2H3/t12-;;/m1../s1.